The molecule has 2 aromatic carbocycles. The zero-order chi connectivity index (χ0) is 21.0. The molecule has 0 spiro atoms. The third kappa shape index (κ3) is 4.71. The van der Waals surface area contributed by atoms with E-state index in [9.17, 15) is 18.0 Å². The van der Waals surface area contributed by atoms with Gasteiger partial charge in [-0.1, -0.05) is 12.1 Å². The van der Waals surface area contributed by atoms with E-state index in [2.05, 4.69) is 4.98 Å². The molecule has 8 heteroatoms. The number of nitriles is 1. The third-order valence-corrected chi connectivity index (χ3v) is 4.03. The molecule has 0 aliphatic heterocycles. The summed E-state index contributed by atoms with van der Waals surface area (Å²) < 4.78 is 47.8. The maximum Gasteiger partial charge on any atom is 0.307 e. The number of halogens is 3. The molecular formula is C21H13F3N2O3. The molecule has 3 rings (SSSR count). The molecule has 1 heterocycles. The summed E-state index contributed by atoms with van der Waals surface area (Å²) in [7, 11) is 0. The Hall–Kier alpha value is -3.86. The topological polar surface area (TPSA) is 83.2 Å². The molecule has 0 radical (unpaired) electrons. The first-order chi connectivity index (χ1) is 13.9. The van der Waals surface area contributed by atoms with Gasteiger partial charge in [0.2, 0.25) is 5.88 Å². The Morgan fingerprint density at radius 3 is 2.48 bits per heavy atom. The minimum atomic E-state index is -1.28. The van der Waals surface area contributed by atoms with Crippen molar-refractivity contribution in [1.82, 2.24) is 4.98 Å². The molecule has 146 valence electrons. The number of hydrogen-bond donors (Lipinski definition) is 1. The van der Waals surface area contributed by atoms with Crippen LogP contribution >= 0.6 is 0 Å². The molecule has 0 bridgehead atoms. The van der Waals surface area contributed by atoms with Gasteiger partial charge in [0.1, 0.15) is 24.1 Å². The molecule has 0 saturated heterocycles. The fraction of sp³-hybridized carbons (Fsp3) is 0.0952. The Bertz CT molecular complexity index is 1130. The lowest BCUT2D eigenvalue weighted by Gasteiger charge is -2.10. The second kappa shape index (κ2) is 8.44. The predicted molar refractivity (Wildman–Crippen MR) is 96.4 cm³/mol. The van der Waals surface area contributed by atoms with E-state index in [0.29, 0.717) is 0 Å². The van der Waals surface area contributed by atoms with Gasteiger partial charge in [-0.15, -0.1) is 0 Å². The number of rotatable bonds is 6. The number of ether oxygens (including phenoxy) is 1. The van der Waals surface area contributed by atoms with Crippen LogP contribution in [0.2, 0.25) is 0 Å². The average molecular weight is 398 g/mol. The number of carboxylic acid groups (broad SMARTS) is 1. The van der Waals surface area contributed by atoms with E-state index >= 15 is 0 Å². The summed E-state index contributed by atoms with van der Waals surface area (Å²) in [6.45, 7) is -0.178. The Kier molecular flexibility index (Phi) is 5.79. The second-order valence-corrected chi connectivity index (χ2v) is 6.06. The summed E-state index contributed by atoms with van der Waals surface area (Å²) in [5.41, 5.74) is 0.0110. The SMILES string of the molecule is N#Cc1ccc(COc2cccc(-c3cc(F)c(CC(=O)O)cc3F)n2)c(F)c1. The van der Waals surface area contributed by atoms with Crippen LogP contribution in [0.15, 0.2) is 48.5 Å². The molecule has 0 aliphatic carbocycles. The summed E-state index contributed by atoms with van der Waals surface area (Å²) in [6, 6.07) is 11.9. The predicted octanol–water partition coefficient (Wildman–Crippen LogP) is 4.24. The van der Waals surface area contributed by atoms with E-state index in [1.807, 2.05) is 6.07 Å². The number of carbonyl (C=O) groups is 1. The molecule has 0 aliphatic rings. The van der Waals surface area contributed by atoms with E-state index in [4.69, 9.17) is 15.1 Å². The molecule has 0 unspecified atom stereocenters. The molecule has 1 aromatic heterocycles. The summed E-state index contributed by atoms with van der Waals surface area (Å²) in [5, 5.41) is 17.5. The number of hydrogen-bond acceptors (Lipinski definition) is 4. The van der Waals surface area contributed by atoms with Crippen LogP contribution in [0.1, 0.15) is 16.7 Å². The van der Waals surface area contributed by atoms with Crippen molar-refractivity contribution < 1.29 is 27.8 Å². The molecule has 0 atom stereocenters. The first-order valence-electron chi connectivity index (χ1n) is 8.36. The Balaban J connectivity index is 1.82. The van der Waals surface area contributed by atoms with Gasteiger partial charge in [-0.05, 0) is 30.3 Å². The van der Waals surface area contributed by atoms with Gasteiger partial charge in [-0.2, -0.15) is 5.26 Å². The van der Waals surface area contributed by atoms with Crippen LogP contribution in [0.25, 0.3) is 11.3 Å². The highest BCUT2D eigenvalue weighted by Crippen LogP contribution is 2.26. The summed E-state index contributed by atoms with van der Waals surface area (Å²) >= 11 is 0. The largest absolute Gasteiger partial charge is 0.481 e. The van der Waals surface area contributed by atoms with Crippen LogP contribution in [0.3, 0.4) is 0 Å². The van der Waals surface area contributed by atoms with E-state index in [1.165, 1.54) is 30.3 Å². The van der Waals surface area contributed by atoms with Crippen LogP contribution in [0.5, 0.6) is 5.88 Å². The summed E-state index contributed by atoms with van der Waals surface area (Å²) in [5.74, 6) is -3.52. The van der Waals surface area contributed by atoms with Gasteiger partial charge in [-0.3, -0.25) is 4.79 Å². The number of carboxylic acids is 1. The monoisotopic (exact) mass is 398 g/mol. The van der Waals surface area contributed by atoms with Crippen LogP contribution in [0.4, 0.5) is 13.2 Å². The van der Waals surface area contributed by atoms with Crippen molar-refractivity contribution in [3.05, 3.63) is 82.7 Å². The summed E-state index contributed by atoms with van der Waals surface area (Å²) in [4.78, 5) is 14.8. The molecule has 5 nitrogen and oxygen atoms in total. The van der Waals surface area contributed by atoms with Crippen LogP contribution in [0, 0.1) is 28.8 Å². The molecule has 29 heavy (non-hydrogen) atoms. The lowest BCUT2D eigenvalue weighted by atomic mass is 10.0. The fourth-order valence-corrected chi connectivity index (χ4v) is 2.61. The van der Waals surface area contributed by atoms with Gasteiger partial charge in [0.15, 0.2) is 0 Å². The van der Waals surface area contributed by atoms with E-state index < -0.39 is 29.8 Å². The second-order valence-electron chi connectivity index (χ2n) is 6.06. The lowest BCUT2D eigenvalue weighted by Crippen LogP contribution is -2.04. The number of aromatic nitrogens is 1. The average Bonchev–Trinajstić information content (AvgIpc) is 2.69. The molecule has 3 aromatic rings. The van der Waals surface area contributed by atoms with Crippen molar-refractivity contribution in [3.63, 3.8) is 0 Å². The highest BCUT2D eigenvalue weighted by Gasteiger charge is 2.15. The first-order valence-corrected chi connectivity index (χ1v) is 8.36. The zero-order valence-corrected chi connectivity index (χ0v) is 14.8. The standard InChI is InChI=1S/C21H13F3N2O3/c22-16-6-12(10-25)4-5-13(16)11-29-20-3-1-2-19(26-20)15-9-17(23)14(7-18(15)24)8-21(27)28/h1-7,9H,8,11H2,(H,27,28). The minimum Gasteiger partial charge on any atom is -0.481 e. The number of nitrogens with zero attached hydrogens (tertiary/aromatic N) is 2. The maximum absolute atomic E-state index is 14.4. The van der Waals surface area contributed by atoms with Crippen molar-refractivity contribution in [2.45, 2.75) is 13.0 Å². The zero-order valence-electron chi connectivity index (χ0n) is 14.8. The smallest absolute Gasteiger partial charge is 0.307 e. The summed E-state index contributed by atoms with van der Waals surface area (Å²) in [6.07, 6.45) is -0.643. The normalized spacial score (nSPS) is 10.4. The van der Waals surface area contributed by atoms with Crippen molar-refractivity contribution in [1.29, 1.82) is 5.26 Å². The molecule has 1 N–H and O–H groups in total. The van der Waals surface area contributed by atoms with Gasteiger partial charge in [-0.25, -0.2) is 18.2 Å². The number of aliphatic carboxylic acids is 1. The molecule has 0 amide bonds. The van der Waals surface area contributed by atoms with Gasteiger partial charge < -0.3 is 9.84 Å². The van der Waals surface area contributed by atoms with Gasteiger partial charge in [0, 0.05) is 22.8 Å². The van der Waals surface area contributed by atoms with Crippen LogP contribution < -0.4 is 4.74 Å². The molecular weight excluding hydrogens is 385 g/mol. The van der Waals surface area contributed by atoms with Crippen molar-refractivity contribution in [2.75, 3.05) is 0 Å². The van der Waals surface area contributed by atoms with Crippen molar-refractivity contribution in [3.8, 4) is 23.2 Å². The highest BCUT2D eigenvalue weighted by molar-refractivity contribution is 5.71. The fourth-order valence-electron chi connectivity index (χ4n) is 2.61. The van der Waals surface area contributed by atoms with Crippen LogP contribution in [-0.2, 0) is 17.8 Å². The van der Waals surface area contributed by atoms with Crippen molar-refractivity contribution in [2.24, 2.45) is 0 Å². The van der Waals surface area contributed by atoms with E-state index in [-0.39, 0.29) is 40.4 Å². The van der Waals surface area contributed by atoms with E-state index in [0.717, 1.165) is 18.2 Å². The van der Waals surface area contributed by atoms with Gasteiger partial charge in [0.05, 0.1) is 23.7 Å². The third-order valence-electron chi connectivity index (χ3n) is 4.03. The number of benzene rings is 2. The first kappa shape index (κ1) is 19.9. The quantitative estimate of drug-likeness (QED) is 0.671. The Morgan fingerprint density at radius 2 is 1.79 bits per heavy atom. The minimum absolute atomic E-state index is 0.0562. The van der Waals surface area contributed by atoms with Gasteiger partial charge in [0.25, 0.3) is 0 Å². The maximum atomic E-state index is 14.4. The molecule has 0 fully saturated rings. The van der Waals surface area contributed by atoms with Crippen molar-refractivity contribution >= 4 is 5.97 Å². The van der Waals surface area contributed by atoms with E-state index in [1.54, 1.807) is 0 Å². The number of pyridine rings is 1. The van der Waals surface area contributed by atoms with Crippen LogP contribution in [-0.4, -0.2) is 16.1 Å². The van der Waals surface area contributed by atoms with Gasteiger partial charge >= 0.3 is 5.97 Å². The molecule has 0 saturated carbocycles. The highest BCUT2D eigenvalue weighted by atomic mass is 19.1. The Morgan fingerprint density at radius 1 is 1.03 bits per heavy atom. The lowest BCUT2D eigenvalue weighted by molar-refractivity contribution is -0.136. The Labute approximate surface area is 163 Å².